The van der Waals surface area contributed by atoms with Crippen molar-refractivity contribution in [2.24, 2.45) is 5.84 Å². The third kappa shape index (κ3) is 3.40. The Bertz CT molecular complexity index is 603. The summed E-state index contributed by atoms with van der Waals surface area (Å²) in [5, 5.41) is 3.76. The van der Waals surface area contributed by atoms with Crippen LogP contribution in [0.1, 0.15) is 16.9 Å². The third-order valence-corrected chi connectivity index (χ3v) is 3.61. The Morgan fingerprint density at radius 3 is 2.95 bits per heavy atom. The van der Waals surface area contributed by atoms with Crippen LogP contribution in [0.4, 0.5) is 5.69 Å². The number of hydrogen-bond donors (Lipinski definition) is 3. The van der Waals surface area contributed by atoms with E-state index in [-0.39, 0.29) is 5.91 Å². The lowest BCUT2D eigenvalue weighted by atomic mass is 10.1. The highest BCUT2D eigenvalue weighted by molar-refractivity contribution is 7.98. The van der Waals surface area contributed by atoms with Crippen LogP contribution in [0.25, 0.3) is 10.9 Å². The van der Waals surface area contributed by atoms with Crippen LogP contribution in [0.2, 0.25) is 0 Å². The fourth-order valence-electron chi connectivity index (χ4n) is 1.92. The number of aromatic nitrogens is 1. The molecule has 1 amide bonds. The van der Waals surface area contributed by atoms with Crippen molar-refractivity contribution in [3.63, 3.8) is 0 Å². The molecule has 1 heterocycles. The van der Waals surface area contributed by atoms with Crippen LogP contribution >= 0.6 is 11.8 Å². The van der Waals surface area contributed by atoms with E-state index in [2.05, 4.69) is 15.7 Å². The summed E-state index contributed by atoms with van der Waals surface area (Å²) in [7, 11) is 0. The number of nitrogens with one attached hydrogen (secondary N) is 2. The van der Waals surface area contributed by atoms with Gasteiger partial charge in [-0.2, -0.15) is 11.8 Å². The summed E-state index contributed by atoms with van der Waals surface area (Å²) in [6.07, 6.45) is 2.99. The van der Waals surface area contributed by atoms with Gasteiger partial charge in [-0.3, -0.25) is 10.6 Å². The van der Waals surface area contributed by atoms with Gasteiger partial charge in [0.1, 0.15) is 5.69 Å². The van der Waals surface area contributed by atoms with Gasteiger partial charge in [0.2, 0.25) is 0 Å². The van der Waals surface area contributed by atoms with E-state index >= 15 is 0 Å². The first kappa shape index (κ1) is 14.6. The normalized spacial score (nSPS) is 10.5. The van der Waals surface area contributed by atoms with Crippen LogP contribution in [-0.4, -0.2) is 29.4 Å². The molecule has 2 rings (SSSR count). The van der Waals surface area contributed by atoms with E-state index < -0.39 is 0 Å². The molecule has 0 radical (unpaired) electrons. The minimum atomic E-state index is -0.173. The van der Waals surface area contributed by atoms with E-state index in [1.54, 1.807) is 17.8 Å². The molecular formula is C14H18N4OS. The summed E-state index contributed by atoms with van der Waals surface area (Å²) in [6, 6.07) is 9.24. The molecule has 1 aromatic heterocycles. The van der Waals surface area contributed by atoms with Crippen molar-refractivity contribution in [3.8, 4) is 0 Å². The second-order valence-corrected chi connectivity index (χ2v) is 5.30. The molecule has 0 aliphatic rings. The zero-order valence-corrected chi connectivity index (χ0v) is 12.2. The van der Waals surface area contributed by atoms with Crippen molar-refractivity contribution in [1.82, 2.24) is 10.3 Å². The number of pyridine rings is 1. The maximum Gasteiger partial charge on any atom is 0.269 e. The quantitative estimate of drug-likeness (QED) is 0.431. The molecule has 0 spiro atoms. The molecule has 0 saturated heterocycles. The van der Waals surface area contributed by atoms with E-state index in [0.717, 1.165) is 23.1 Å². The van der Waals surface area contributed by atoms with Crippen molar-refractivity contribution in [2.45, 2.75) is 6.42 Å². The monoisotopic (exact) mass is 290 g/mol. The van der Waals surface area contributed by atoms with Crippen molar-refractivity contribution in [1.29, 1.82) is 0 Å². The maximum atomic E-state index is 12.1. The van der Waals surface area contributed by atoms with Crippen LogP contribution in [0.3, 0.4) is 0 Å². The maximum absolute atomic E-state index is 12.1. The number of hydrazine groups is 1. The first-order valence-electron chi connectivity index (χ1n) is 6.40. The SMILES string of the molecule is CSCCCNC(=O)c1cc(NN)c2ccccc2n1. The van der Waals surface area contributed by atoms with Gasteiger partial charge in [0.15, 0.2) is 0 Å². The Balaban J connectivity index is 2.19. The van der Waals surface area contributed by atoms with Crippen LogP contribution in [0.15, 0.2) is 30.3 Å². The van der Waals surface area contributed by atoms with Gasteiger partial charge in [-0.25, -0.2) is 4.98 Å². The van der Waals surface area contributed by atoms with Gasteiger partial charge in [0, 0.05) is 11.9 Å². The second kappa shape index (κ2) is 7.12. The highest BCUT2D eigenvalue weighted by Gasteiger charge is 2.10. The number of carbonyl (C=O) groups excluding carboxylic acids is 1. The first-order chi connectivity index (χ1) is 9.76. The molecule has 106 valence electrons. The number of carbonyl (C=O) groups is 1. The van der Waals surface area contributed by atoms with Gasteiger partial charge in [0.25, 0.3) is 5.91 Å². The van der Waals surface area contributed by atoms with Crippen molar-refractivity contribution in [2.75, 3.05) is 24.0 Å². The van der Waals surface area contributed by atoms with Crippen LogP contribution in [0, 0.1) is 0 Å². The van der Waals surface area contributed by atoms with Crippen LogP contribution < -0.4 is 16.6 Å². The molecule has 0 bridgehead atoms. The average molecular weight is 290 g/mol. The average Bonchev–Trinajstić information content (AvgIpc) is 2.50. The van der Waals surface area contributed by atoms with E-state index in [4.69, 9.17) is 5.84 Å². The first-order valence-corrected chi connectivity index (χ1v) is 7.79. The number of fused-ring (bicyclic) bond motifs is 1. The number of para-hydroxylation sites is 1. The molecule has 0 aliphatic heterocycles. The Morgan fingerprint density at radius 2 is 2.20 bits per heavy atom. The molecule has 0 aliphatic carbocycles. The van der Waals surface area contributed by atoms with Gasteiger partial charge in [-0.1, -0.05) is 18.2 Å². The van der Waals surface area contributed by atoms with Crippen LogP contribution in [-0.2, 0) is 0 Å². The fraction of sp³-hybridized carbons (Fsp3) is 0.286. The Hall–Kier alpha value is -1.79. The highest BCUT2D eigenvalue weighted by atomic mass is 32.2. The van der Waals surface area contributed by atoms with Crippen molar-refractivity contribution < 1.29 is 4.79 Å². The predicted octanol–water partition coefficient (Wildman–Crippen LogP) is 2.00. The van der Waals surface area contributed by atoms with Crippen molar-refractivity contribution >= 4 is 34.3 Å². The number of hydrogen-bond acceptors (Lipinski definition) is 5. The standard InChI is InChI=1S/C14H18N4OS/c1-20-8-4-7-16-14(19)13-9-12(18-15)10-5-2-3-6-11(10)17-13/h2-3,5-6,9H,4,7-8,15H2,1H3,(H,16,19)(H,17,18). The van der Waals surface area contributed by atoms with E-state index in [0.29, 0.717) is 17.9 Å². The minimum Gasteiger partial charge on any atom is -0.351 e. The summed E-state index contributed by atoms with van der Waals surface area (Å²) >= 11 is 1.76. The largest absolute Gasteiger partial charge is 0.351 e. The molecule has 2 aromatic rings. The molecule has 0 unspecified atom stereocenters. The van der Waals surface area contributed by atoms with E-state index in [1.165, 1.54) is 0 Å². The minimum absolute atomic E-state index is 0.173. The molecule has 6 heteroatoms. The fourth-order valence-corrected chi connectivity index (χ4v) is 2.35. The summed E-state index contributed by atoms with van der Waals surface area (Å²) < 4.78 is 0. The number of rotatable bonds is 6. The number of nitrogens with zero attached hydrogens (tertiary/aromatic N) is 1. The van der Waals surface area contributed by atoms with Gasteiger partial charge in [0.05, 0.1) is 11.2 Å². The molecule has 0 fully saturated rings. The molecule has 20 heavy (non-hydrogen) atoms. The summed E-state index contributed by atoms with van der Waals surface area (Å²) in [6.45, 7) is 0.652. The number of anilines is 1. The number of amides is 1. The highest BCUT2D eigenvalue weighted by Crippen LogP contribution is 2.22. The smallest absolute Gasteiger partial charge is 0.269 e. The third-order valence-electron chi connectivity index (χ3n) is 2.92. The van der Waals surface area contributed by atoms with Gasteiger partial charge >= 0.3 is 0 Å². The summed E-state index contributed by atoms with van der Waals surface area (Å²) in [4.78, 5) is 16.4. The van der Waals surface area contributed by atoms with Gasteiger partial charge < -0.3 is 10.7 Å². The summed E-state index contributed by atoms with van der Waals surface area (Å²) in [5.74, 6) is 6.37. The van der Waals surface area contributed by atoms with Crippen molar-refractivity contribution in [3.05, 3.63) is 36.0 Å². The molecule has 0 atom stereocenters. The number of benzene rings is 1. The lowest BCUT2D eigenvalue weighted by Gasteiger charge is -2.09. The molecule has 4 N–H and O–H groups in total. The Labute approximate surface area is 122 Å². The van der Waals surface area contributed by atoms with Crippen LogP contribution in [0.5, 0.6) is 0 Å². The van der Waals surface area contributed by atoms with E-state index in [1.807, 2.05) is 30.5 Å². The number of nitrogens with two attached hydrogens (primary N) is 1. The Morgan fingerprint density at radius 1 is 1.40 bits per heavy atom. The lowest BCUT2D eigenvalue weighted by Crippen LogP contribution is -2.26. The molecule has 0 saturated carbocycles. The molecule has 1 aromatic carbocycles. The van der Waals surface area contributed by atoms with Gasteiger partial charge in [-0.05, 0) is 30.6 Å². The Kier molecular flexibility index (Phi) is 5.20. The topological polar surface area (TPSA) is 80.0 Å². The number of nitrogen functional groups attached to an aromatic ring is 1. The zero-order chi connectivity index (χ0) is 14.4. The van der Waals surface area contributed by atoms with E-state index in [9.17, 15) is 4.79 Å². The van der Waals surface area contributed by atoms with Gasteiger partial charge in [-0.15, -0.1) is 0 Å². The molecule has 5 nitrogen and oxygen atoms in total. The lowest BCUT2D eigenvalue weighted by molar-refractivity contribution is 0.0949. The molecular weight excluding hydrogens is 272 g/mol. The summed E-state index contributed by atoms with van der Waals surface area (Å²) in [5.41, 5.74) is 4.44. The predicted molar refractivity (Wildman–Crippen MR) is 84.9 cm³/mol. The second-order valence-electron chi connectivity index (χ2n) is 4.32. The zero-order valence-electron chi connectivity index (χ0n) is 11.3. The number of thioether (sulfide) groups is 1.